The molecule has 0 heterocycles. The van der Waals surface area contributed by atoms with Gasteiger partial charge in [-0.25, -0.2) is 8.42 Å². The van der Waals surface area contributed by atoms with Gasteiger partial charge in [0.25, 0.3) is 5.91 Å². The first kappa shape index (κ1) is 22.0. The molecule has 28 heavy (non-hydrogen) atoms. The second kappa shape index (κ2) is 9.27. The summed E-state index contributed by atoms with van der Waals surface area (Å²) in [6, 6.07) is 9.09. The second-order valence-corrected chi connectivity index (χ2v) is 8.07. The number of anilines is 1. The zero-order valence-electron chi connectivity index (χ0n) is 16.2. The van der Waals surface area contributed by atoms with Gasteiger partial charge < -0.3 is 14.8 Å². The van der Waals surface area contributed by atoms with Crippen molar-refractivity contribution in [2.45, 2.75) is 18.7 Å². The number of ether oxygens (including phenoxy) is 2. The van der Waals surface area contributed by atoms with Gasteiger partial charge in [-0.3, -0.25) is 4.79 Å². The van der Waals surface area contributed by atoms with Gasteiger partial charge in [-0.1, -0.05) is 25.4 Å². The Labute approximate surface area is 170 Å². The lowest BCUT2D eigenvalue weighted by atomic mass is 10.2. The van der Waals surface area contributed by atoms with E-state index in [0.717, 1.165) is 0 Å². The summed E-state index contributed by atoms with van der Waals surface area (Å²) in [7, 11) is -0.787. The molecule has 2 aromatic carbocycles. The molecule has 2 aromatic rings. The van der Waals surface area contributed by atoms with Gasteiger partial charge >= 0.3 is 0 Å². The smallest absolute Gasteiger partial charge is 0.255 e. The lowest BCUT2D eigenvalue weighted by molar-refractivity contribution is 0.102. The van der Waals surface area contributed by atoms with Gasteiger partial charge in [-0.15, -0.1) is 0 Å². The fourth-order valence-electron chi connectivity index (χ4n) is 2.66. The van der Waals surface area contributed by atoms with E-state index in [-0.39, 0.29) is 15.5 Å². The van der Waals surface area contributed by atoms with Crippen LogP contribution in [-0.4, -0.2) is 45.9 Å². The molecule has 2 rings (SSSR count). The zero-order chi connectivity index (χ0) is 20.9. The zero-order valence-corrected chi connectivity index (χ0v) is 17.7. The maximum absolute atomic E-state index is 12.8. The number of nitrogens with zero attached hydrogens (tertiary/aromatic N) is 1. The van der Waals surface area contributed by atoms with Crippen LogP contribution in [0.25, 0.3) is 0 Å². The molecule has 9 heteroatoms. The van der Waals surface area contributed by atoms with E-state index in [1.165, 1.54) is 36.7 Å². The van der Waals surface area contributed by atoms with Crippen LogP contribution < -0.4 is 14.8 Å². The lowest BCUT2D eigenvalue weighted by Crippen LogP contribution is -2.31. The summed E-state index contributed by atoms with van der Waals surface area (Å²) in [4.78, 5) is 12.5. The Morgan fingerprint density at radius 3 is 2.25 bits per heavy atom. The summed E-state index contributed by atoms with van der Waals surface area (Å²) in [5, 5.41) is 2.78. The number of carbonyl (C=O) groups is 1. The standard InChI is InChI=1S/C19H23ClN2O5S/c1-5-22(6-2)28(24,25)18-11-13(7-9-15(18)20)19(23)21-14-8-10-16(26-3)17(12-14)27-4/h7-12H,5-6H2,1-4H3,(H,21,23). The van der Waals surface area contributed by atoms with E-state index >= 15 is 0 Å². The Morgan fingerprint density at radius 2 is 1.68 bits per heavy atom. The van der Waals surface area contributed by atoms with E-state index < -0.39 is 15.9 Å². The van der Waals surface area contributed by atoms with Crippen molar-refractivity contribution in [2.75, 3.05) is 32.6 Å². The Balaban J connectivity index is 2.35. The normalized spacial score (nSPS) is 11.4. The molecule has 0 aliphatic heterocycles. The van der Waals surface area contributed by atoms with Crippen LogP contribution in [0.1, 0.15) is 24.2 Å². The minimum absolute atomic E-state index is 0.0644. The number of methoxy groups -OCH3 is 2. The van der Waals surface area contributed by atoms with Gasteiger partial charge in [0, 0.05) is 30.4 Å². The summed E-state index contributed by atoms with van der Waals surface area (Å²) in [6.07, 6.45) is 0. The number of nitrogens with one attached hydrogen (secondary N) is 1. The van der Waals surface area contributed by atoms with Crippen LogP contribution in [0, 0.1) is 0 Å². The number of sulfonamides is 1. The summed E-state index contributed by atoms with van der Waals surface area (Å²) in [5.74, 6) is 0.515. The van der Waals surface area contributed by atoms with Gasteiger partial charge in [0.1, 0.15) is 4.90 Å². The van der Waals surface area contributed by atoms with Crippen LogP contribution in [0.15, 0.2) is 41.3 Å². The van der Waals surface area contributed by atoms with Crippen LogP contribution in [0.2, 0.25) is 5.02 Å². The summed E-state index contributed by atoms with van der Waals surface area (Å²) in [5.41, 5.74) is 0.649. The highest BCUT2D eigenvalue weighted by Gasteiger charge is 2.25. The van der Waals surface area contributed by atoms with E-state index in [0.29, 0.717) is 30.3 Å². The highest BCUT2D eigenvalue weighted by atomic mass is 35.5. The molecule has 0 aliphatic carbocycles. The van der Waals surface area contributed by atoms with Crippen LogP contribution in [0.4, 0.5) is 5.69 Å². The SMILES string of the molecule is CCN(CC)S(=O)(=O)c1cc(C(=O)Nc2ccc(OC)c(OC)c2)ccc1Cl. The van der Waals surface area contributed by atoms with Gasteiger partial charge in [0.2, 0.25) is 10.0 Å². The summed E-state index contributed by atoms with van der Waals surface area (Å²) in [6.45, 7) is 4.08. The molecule has 0 saturated carbocycles. The molecule has 1 amide bonds. The molecule has 0 aromatic heterocycles. The van der Waals surface area contributed by atoms with E-state index in [1.807, 2.05) is 0 Å². The third kappa shape index (κ3) is 4.57. The van der Waals surface area contributed by atoms with E-state index in [4.69, 9.17) is 21.1 Å². The van der Waals surface area contributed by atoms with Crippen molar-refractivity contribution < 1.29 is 22.7 Å². The number of benzene rings is 2. The quantitative estimate of drug-likeness (QED) is 0.696. The molecule has 0 atom stereocenters. The molecule has 152 valence electrons. The maximum atomic E-state index is 12.8. The van der Waals surface area contributed by atoms with Gasteiger partial charge in [0.05, 0.1) is 19.2 Å². The fraction of sp³-hybridized carbons (Fsp3) is 0.316. The number of amides is 1. The second-order valence-electron chi connectivity index (χ2n) is 5.76. The molecular formula is C19H23ClN2O5S. The van der Waals surface area contributed by atoms with Crippen LogP contribution in [0.5, 0.6) is 11.5 Å². The van der Waals surface area contributed by atoms with Crippen molar-refractivity contribution in [2.24, 2.45) is 0 Å². The predicted octanol–water partition coefficient (Wildman–Crippen LogP) is 3.64. The van der Waals surface area contributed by atoms with E-state index in [9.17, 15) is 13.2 Å². The Bertz CT molecular complexity index is 959. The number of carbonyl (C=O) groups excluding carboxylic acids is 1. The molecule has 0 unspecified atom stereocenters. The Hall–Kier alpha value is -2.29. The van der Waals surface area contributed by atoms with Crippen molar-refractivity contribution in [1.29, 1.82) is 0 Å². The molecule has 0 spiro atoms. The largest absolute Gasteiger partial charge is 0.493 e. The number of hydrogen-bond donors (Lipinski definition) is 1. The molecular weight excluding hydrogens is 404 g/mol. The van der Waals surface area contributed by atoms with E-state index in [1.54, 1.807) is 32.0 Å². The first-order chi connectivity index (χ1) is 13.3. The first-order valence-corrected chi connectivity index (χ1v) is 10.4. The van der Waals surface area contributed by atoms with Crippen LogP contribution in [-0.2, 0) is 10.0 Å². The number of hydrogen-bond acceptors (Lipinski definition) is 5. The lowest BCUT2D eigenvalue weighted by Gasteiger charge is -2.19. The molecule has 0 radical (unpaired) electrons. The topological polar surface area (TPSA) is 84.9 Å². The predicted molar refractivity (Wildman–Crippen MR) is 109 cm³/mol. The van der Waals surface area contributed by atoms with Crippen LogP contribution >= 0.6 is 11.6 Å². The van der Waals surface area contributed by atoms with Gasteiger partial charge in [-0.05, 0) is 30.3 Å². The van der Waals surface area contributed by atoms with Crippen molar-refractivity contribution in [3.63, 3.8) is 0 Å². The molecule has 0 aliphatic rings. The van der Waals surface area contributed by atoms with Crippen molar-refractivity contribution in [1.82, 2.24) is 4.31 Å². The molecule has 1 N–H and O–H groups in total. The molecule has 0 bridgehead atoms. The maximum Gasteiger partial charge on any atom is 0.255 e. The monoisotopic (exact) mass is 426 g/mol. The minimum atomic E-state index is -3.80. The minimum Gasteiger partial charge on any atom is -0.493 e. The van der Waals surface area contributed by atoms with Crippen LogP contribution in [0.3, 0.4) is 0 Å². The Morgan fingerprint density at radius 1 is 1.04 bits per heavy atom. The number of halogens is 1. The molecule has 0 fully saturated rings. The highest BCUT2D eigenvalue weighted by Crippen LogP contribution is 2.30. The van der Waals surface area contributed by atoms with Crippen molar-refractivity contribution in [3.05, 3.63) is 47.0 Å². The highest BCUT2D eigenvalue weighted by molar-refractivity contribution is 7.89. The average molecular weight is 427 g/mol. The fourth-order valence-corrected chi connectivity index (χ4v) is 4.62. The molecule has 7 nitrogen and oxygen atoms in total. The van der Waals surface area contributed by atoms with Crippen molar-refractivity contribution in [3.8, 4) is 11.5 Å². The Kier molecular flexibility index (Phi) is 7.29. The third-order valence-corrected chi connectivity index (χ3v) is 6.69. The van der Waals surface area contributed by atoms with Gasteiger partial charge in [-0.2, -0.15) is 4.31 Å². The van der Waals surface area contributed by atoms with E-state index in [2.05, 4.69) is 5.32 Å². The summed E-state index contributed by atoms with van der Waals surface area (Å²) >= 11 is 6.11. The summed E-state index contributed by atoms with van der Waals surface area (Å²) < 4.78 is 37.2. The van der Waals surface area contributed by atoms with Crippen molar-refractivity contribution >= 4 is 33.2 Å². The molecule has 0 saturated heterocycles. The first-order valence-electron chi connectivity index (χ1n) is 8.61. The third-order valence-electron chi connectivity index (χ3n) is 4.16. The average Bonchev–Trinajstić information content (AvgIpc) is 2.68. The number of rotatable bonds is 8. The van der Waals surface area contributed by atoms with Gasteiger partial charge in [0.15, 0.2) is 11.5 Å².